The maximum absolute atomic E-state index is 13.6. The third-order valence-electron chi connectivity index (χ3n) is 5.69. The number of amides is 1. The van der Waals surface area contributed by atoms with E-state index in [-0.39, 0.29) is 5.57 Å². The van der Waals surface area contributed by atoms with Crippen molar-refractivity contribution < 1.29 is 24.2 Å². The molecule has 1 aliphatic rings. The number of carbonyl (C=O) groups is 3. The first kappa shape index (κ1) is 21.8. The number of methoxy groups -OCH3 is 1. The number of anilines is 2. The Bertz CT molecular complexity index is 1230. The van der Waals surface area contributed by atoms with Crippen LogP contribution in [0.2, 0.25) is 0 Å². The molecule has 7 nitrogen and oxygen atoms in total. The zero-order chi connectivity index (χ0) is 23.6. The Morgan fingerprint density at radius 3 is 1.94 bits per heavy atom. The van der Waals surface area contributed by atoms with Crippen LogP contribution in [-0.4, -0.2) is 42.6 Å². The molecule has 3 aromatic rings. The van der Waals surface area contributed by atoms with Crippen molar-refractivity contribution in [1.82, 2.24) is 0 Å². The molecule has 3 aromatic carbocycles. The molecule has 0 aromatic heterocycles. The number of esters is 1. The Balaban J connectivity index is 2.12. The molecule has 7 heteroatoms. The molecule has 4 rings (SSSR count). The van der Waals surface area contributed by atoms with E-state index in [1.54, 1.807) is 98.0 Å². The number of hydrogen-bond acceptors (Lipinski definition) is 6. The number of rotatable bonds is 5. The summed E-state index contributed by atoms with van der Waals surface area (Å²) in [6, 6.07) is 25.5. The van der Waals surface area contributed by atoms with Crippen LogP contribution in [0.15, 0.2) is 96.6 Å². The highest BCUT2D eigenvalue weighted by Gasteiger charge is 2.65. The summed E-state index contributed by atoms with van der Waals surface area (Å²) in [4.78, 5) is 43.0. The van der Waals surface area contributed by atoms with Crippen LogP contribution in [0.5, 0.6) is 0 Å². The minimum atomic E-state index is -2.09. The maximum Gasteiger partial charge on any atom is 0.358 e. The van der Waals surface area contributed by atoms with Crippen LogP contribution in [0.25, 0.3) is 5.76 Å². The highest BCUT2D eigenvalue weighted by atomic mass is 16.5. The molecule has 1 aliphatic heterocycles. The standard InChI is InChI=1S/C26H22N2O5/c1-27(19-14-8-4-9-15-19)26(25(32)33-2)21(22(29)18-12-6-3-7-13-18)23(30)24(31)28(26)20-16-10-5-11-17-20/h3-17,29H,1-2H3/b22-21-. The van der Waals surface area contributed by atoms with E-state index < -0.39 is 29.1 Å². The number of benzene rings is 3. The molecular formula is C26H22N2O5. The number of ether oxygens (including phenoxy) is 1. The lowest BCUT2D eigenvalue weighted by atomic mass is 9.92. The lowest BCUT2D eigenvalue weighted by Gasteiger charge is -2.43. The Kier molecular flexibility index (Phi) is 5.70. The van der Waals surface area contributed by atoms with Crippen LogP contribution in [0, 0.1) is 0 Å². The molecule has 0 saturated carbocycles. The fraction of sp³-hybridized carbons (Fsp3) is 0.115. The number of aliphatic hydroxyl groups is 1. The summed E-state index contributed by atoms with van der Waals surface area (Å²) in [6.45, 7) is 0. The van der Waals surface area contributed by atoms with Gasteiger partial charge in [0, 0.05) is 24.0 Å². The van der Waals surface area contributed by atoms with Gasteiger partial charge in [-0.15, -0.1) is 0 Å². The average Bonchev–Trinajstić information content (AvgIpc) is 3.11. The monoisotopic (exact) mass is 442 g/mol. The van der Waals surface area contributed by atoms with Crippen molar-refractivity contribution in [3.8, 4) is 0 Å². The van der Waals surface area contributed by atoms with E-state index in [9.17, 15) is 19.5 Å². The lowest BCUT2D eigenvalue weighted by molar-refractivity contribution is -0.145. The summed E-state index contributed by atoms with van der Waals surface area (Å²) < 4.78 is 5.17. The first-order valence-corrected chi connectivity index (χ1v) is 10.2. The number of para-hydroxylation sites is 2. The van der Waals surface area contributed by atoms with Gasteiger partial charge in [0.25, 0.3) is 11.4 Å². The minimum absolute atomic E-state index is 0.290. The number of Topliss-reactive ketones (excluding diaryl/α,β-unsaturated/α-hetero) is 1. The maximum atomic E-state index is 13.6. The van der Waals surface area contributed by atoms with Crippen molar-refractivity contribution in [3.63, 3.8) is 0 Å². The largest absolute Gasteiger partial charge is 0.507 e. The fourth-order valence-corrected chi connectivity index (χ4v) is 4.15. The Morgan fingerprint density at radius 2 is 1.39 bits per heavy atom. The summed E-state index contributed by atoms with van der Waals surface area (Å²) in [6.07, 6.45) is 0. The molecule has 1 amide bonds. The second kappa shape index (κ2) is 8.63. The van der Waals surface area contributed by atoms with E-state index in [4.69, 9.17) is 4.74 Å². The predicted octanol–water partition coefficient (Wildman–Crippen LogP) is 3.58. The highest BCUT2D eigenvalue weighted by Crippen LogP contribution is 2.44. The number of ketones is 1. The van der Waals surface area contributed by atoms with Crippen LogP contribution in [0.4, 0.5) is 11.4 Å². The Morgan fingerprint density at radius 1 is 0.879 bits per heavy atom. The van der Waals surface area contributed by atoms with E-state index in [2.05, 4.69) is 0 Å². The highest BCUT2D eigenvalue weighted by molar-refractivity contribution is 6.54. The van der Waals surface area contributed by atoms with Gasteiger partial charge in [-0.3, -0.25) is 14.5 Å². The molecule has 1 fully saturated rings. The van der Waals surface area contributed by atoms with Crippen molar-refractivity contribution in [2.45, 2.75) is 5.66 Å². The number of nitrogens with zero attached hydrogens (tertiary/aromatic N) is 2. The molecule has 1 heterocycles. The van der Waals surface area contributed by atoms with Crippen LogP contribution in [-0.2, 0) is 19.1 Å². The van der Waals surface area contributed by atoms with Gasteiger partial charge in [-0.25, -0.2) is 4.79 Å². The van der Waals surface area contributed by atoms with Crippen molar-refractivity contribution in [3.05, 3.63) is 102 Å². The molecule has 0 spiro atoms. The third kappa shape index (κ3) is 3.34. The van der Waals surface area contributed by atoms with E-state index in [1.165, 1.54) is 12.0 Å². The normalized spacial score (nSPS) is 19.4. The summed E-state index contributed by atoms with van der Waals surface area (Å²) in [7, 11) is 2.75. The van der Waals surface area contributed by atoms with Gasteiger partial charge in [0.2, 0.25) is 0 Å². The molecular weight excluding hydrogens is 420 g/mol. The second-order valence-electron chi connectivity index (χ2n) is 7.45. The number of carbonyl (C=O) groups excluding carboxylic acids is 3. The number of aliphatic hydroxyl groups excluding tert-OH is 1. The van der Waals surface area contributed by atoms with Crippen molar-refractivity contribution in [1.29, 1.82) is 0 Å². The molecule has 1 saturated heterocycles. The van der Waals surface area contributed by atoms with Crippen molar-refractivity contribution in [2.75, 3.05) is 24.0 Å². The fourth-order valence-electron chi connectivity index (χ4n) is 4.15. The molecule has 1 unspecified atom stereocenters. The van der Waals surface area contributed by atoms with Gasteiger partial charge in [-0.2, -0.15) is 0 Å². The molecule has 0 aliphatic carbocycles. The lowest BCUT2D eigenvalue weighted by Crippen LogP contribution is -2.64. The van der Waals surface area contributed by atoms with Gasteiger partial charge in [-0.1, -0.05) is 66.7 Å². The first-order chi connectivity index (χ1) is 15.9. The van der Waals surface area contributed by atoms with Crippen molar-refractivity contribution >= 4 is 34.8 Å². The van der Waals surface area contributed by atoms with Crippen LogP contribution < -0.4 is 9.80 Å². The van der Waals surface area contributed by atoms with E-state index in [0.717, 1.165) is 4.90 Å². The van der Waals surface area contributed by atoms with Gasteiger partial charge >= 0.3 is 11.9 Å². The van der Waals surface area contributed by atoms with E-state index in [0.29, 0.717) is 16.9 Å². The zero-order valence-corrected chi connectivity index (χ0v) is 18.1. The van der Waals surface area contributed by atoms with Crippen molar-refractivity contribution in [2.24, 2.45) is 0 Å². The van der Waals surface area contributed by atoms with Gasteiger partial charge < -0.3 is 14.7 Å². The van der Waals surface area contributed by atoms with Crippen LogP contribution in [0.3, 0.4) is 0 Å². The van der Waals surface area contributed by atoms with Gasteiger partial charge in [0.1, 0.15) is 11.3 Å². The topological polar surface area (TPSA) is 87.1 Å². The molecule has 166 valence electrons. The van der Waals surface area contributed by atoms with Crippen LogP contribution >= 0.6 is 0 Å². The second-order valence-corrected chi connectivity index (χ2v) is 7.45. The Hall–Kier alpha value is -4.39. The molecule has 0 radical (unpaired) electrons. The third-order valence-corrected chi connectivity index (χ3v) is 5.69. The Labute approximate surface area is 191 Å². The van der Waals surface area contributed by atoms with E-state index >= 15 is 0 Å². The molecule has 33 heavy (non-hydrogen) atoms. The van der Waals surface area contributed by atoms with Crippen LogP contribution in [0.1, 0.15) is 5.56 Å². The summed E-state index contributed by atoms with van der Waals surface area (Å²) in [5, 5.41) is 11.3. The smallest absolute Gasteiger partial charge is 0.358 e. The summed E-state index contributed by atoms with van der Waals surface area (Å²) in [5.41, 5.74) is -1.34. The number of hydrogen-bond donors (Lipinski definition) is 1. The van der Waals surface area contributed by atoms with Gasteiger partial charge in [0.15, 0.2) is 0 Å². The molecule has 1 atom stereocenters. The first-order valence-electron chi connectivity index (χ1n) is 10.2. The molecule has 1 N–H and O–H groups in total. The number of likely N-dealkylation sites (N-methyl/N-ethyl adjacent to an activating group) is 1. The average molecular weight is 442 g/mol. The minimum Gasteiger partial charge on any atom is -0.507 e. The quantitative estimate of drug-likeness (QED) is 0.281. The predicted molar refractivity (Wildman–Crippen MR) is 125 cm³/mol. The zero-order valence-electron chi connectivity index (χ0n) is 18.1. The van der Waals surface area contributed by atoms with E-state index in [1.807, 2.05) is 0 Å². The van der Waals surface area contributed by atoms with Gasteiger partial charge in [0.05, 0.1) is 7.11 Å². The van der Waals surface area contributed by atoms with Gasteiger partial charge in [-0.05, 0) is 24.3 Å². The molecule has 0 bridgehead atoms. The summed E-state index contributed by atoms with van der Waals surface area (Å²) >= 11 is 0. The summed E-state index contributed by atoms with van der Waals surface area (Å²) in [5.74, 6) is -3.31. The SMILES string of the molecule is COC(=O)C1(N(C)c2ccccc2)/C(=C(\O)c2ccccc2)C(=O)C(=O)N1c1ccccc1.